The van der Waals surface area contributed by atoms with E-state index in [1.54, 1.807) is 0 Å². The second-order valence-corrected chi connectivity index (χ2v) is 3.66. The molecule has 1 aromatic carbocycles. The van der Waals surface area contributed by atoms with Gasteiger partial charge in [-0.3, -0.25) is 4.90 Å². The van der Waals surface area contributed by atoms with Gasteiger partial charge in [0.2, 0.25) is 0 Å². The number of ether oxygens (including phenoxy) is 1. The van der Waals surface area contributed by atoms with E-state index in [1.165, 1.54) is 5.56 Å². The zero-order valence-electron chi connectivity index (χ0n) is 10.6. The molecular formula is C14H23NO. The van der Waals surface area contributed by atoms with Crippen molar-refractivity contribution in [2.45, 2.75) is 26.9 Å². The first kappa shape index (κ1) is 13.2. The van der Waals surface area contributed by atoms with Crippen LogP contribution in [-0.4, -0.2) is 31.1 Å². The molecule has 1 aromatic rings. The number of hydrogen-bond donors (Lipinski definition) is 0. The minimum absolute atomic E-state index is 0.268. The second kappa shape index (κ2) is 7.42. The molecule has 2 heteroatoms. The summed E-state index contributed by atoms with van der Waals surface area (Å²) in [6.45, 7) is 10.3. The highest BCUT2D eigenvalue weighted by Gasteiger charge is 2.20. The Morgan fingerprint density at radius 1 is 1.25 bits per heavy atom. The van der Waals surface area contributed by atoms with Crippen molar-refractivity contribution in [2.75, 3.05) is 26.2 Å². The van der Waals surface area contributed by atoms with Gasteiger partial charge in [0, 0.05) is 13.1 Å². The molecule has 1 unspecified atom stereocenters. The summed E-state index contributed by atoms with van der Waals surface area (Å²) in [6, 6.07) is 10.5. The molecule has 0 radical (unpaired) electrons. The summed E-state index contributed by atoms with van der Waals surface area (Å²) in [6.07, 6.45) is 0.268. The molecule has 0 N–H and O–H groups in total. The monoisotopic (exact) mass is 221 g/mol. The summed E-state index contributed by atoms with van der Waals surface area (Å²) in [5.41, 5.74) is 1.30. The molecule has 16 heavy (non-hydrogen) atoms. The Morgan fingerprint density at radius 2 is 1.94 bits per heavy atom. The maximum absolute atomic E-state index is 5.75. The molecule has 0 aliphatic carbocycles. The lowest BCUT2D eigenvalue weighted by molar-refractivity contribution is -0.0281. The first-order valence-corrected chi connectivity index (χ1v) is 6.29. The van der Waals surface area contributed by atoms with Gasteiger partial charge in [-0.2, -0.15) is 0 Å². The fourth-order valence-corrected chi connectivity index (χ4v) is 1.86. The highest BCUT2D eigenvalue weighted by atomic mass is 16.5. The number of benzene rings is 1. The van der Waals surface area contributed by atoms with E-state index in [0.29, 0.717) is 0 Å². The largest absolute Gasteiger partial charge is 0.371 e. The van der Waals surface area contributed by atoms with Crippen LogP contribution in [0, 0.1) is 0 Å². The average molecular weight is 221 g/mol. The molecule has 0 aromatic heterocycles. The lowest BCUT2D eigenvalue weighted by Crippen LogP contribution is -2.37. The first-order chi connectivity index (χ1) is 7.90. The summed E-state index contributed by atoms with van der Waals surface area (Å²) in [4.78, 5) is 2.43. The number of rotatable bonds is 2. The molecule has 2 rings (SSSR count). The molecule has 1 atom stereocenters. The molecule has 1 saturated heterocycles. The molecule has 0 amide bonds. The summed E-state index contributed by atoms with van der Waals surface area (Å²) in [7, 11) is 0. The van der Waals surface area contributed by atoms with Crippen molar-refractivity contribution in [3.63, 3.8) is 0 Å². The SMILES string of the molecule is CC.CCN1CCOC(c2ccccc2)C1. The van der Waals surface area contributed by atoms with E-state index in [-0.39, 0.29) is 6.10 Å². The summed E-state index contributed by atoms with van der Waals surface area (Å²) in [5.74, 6) is 0. The lowest BCUT2D eigenvalue weighted by Gasteiger charge is -2.32. The summed E-state index contributed by atoms with van der Waals surface area (Å²) < 4.78 is 5.75. The van der Waals surface area contributed by atoms with Gasteiger partial charge in [0.05, 0.1) is 12.7 Å². The predicted octanol–water partition coefficient (Wildman–Crippen LogP) is 3.11. The van der Waals surface area contributed by atoms with Gasteiger partial charge in [-0.25, -0.2) is 0 Å². The van der Waals surface area contributed by atoms with Gasteiger partial charge >= 0.3 is 0 Å². The van der Waals surface area contributed by atoms with Gasteiger partial charge in [0.25, 0.3) is 0 Å². The Kier molecular flexibility index (Phi) is 6.12. The van der Waals surface area contributed by atoms with Gasteiger partial charge in [-0.15, -0.1) is 0 Å². The summed E-state index contributed by atoms with van der Waals surface area (Å²) in [5, 5.41) is 0. The van der Waals surface area contributed by atoms with Crippen LogP contribution >= 0.6 is 0 Å². The molecule has 0 bridgehead atoms. The highest BCUT2D eigenvalue weighted by Crippen LogP contribution is 2.21. The first-order valence-electron chi connectivity index (χ1n) is 6.29. The van der Waals surface area contributed by atoms with Crippen LogP contribution in [0.15, 0.2) is 30.3 Å². The van der Waals surface area contributed by atoms with Gasteiger partial charge < -0.3 is 4.74 Å². The van der Waals surface area contributed by atoms with Crippen LogP contribution in [-0.2, 0) is 4.74 Å². The summed E-state index contributed by atoms with van der Waals surface area (Å²) >= 11 is 0. The normalized spacial score (nSPS) is 21.1. The zero-order valence-corrected chi connectivity index (χ0v) is 10.6. The van der Waals surface area contributed by atoms with Crippen molar-refractivity contribution in [2.24, 2.45) is 0 Å². The number of nitrogens with zero attached hydrogens (tertiary/aromatic N) is 1. The average Bonchev–Trinajstić information content (AvgIpc) is 2.42. The Morgan fingerprint density at radius 3 is 2.56 bits per heavy atom. The minimum Gasteiger partial charge on any atom is -0.371 e. The number of likely N-dealkylation sites (N-methyl/N-ethyl adjacent to an activating group) is 1. The molecule has 0 spiro atoms. The minimum atomic E-state index is 0.268. The standard InChI is InChI=1S/C12H17NO.C2H6/c1-2-13-8-9-14-12(10-13)11-6-4-3-5-7-11;1-2/h3-7,12H,2,8-10H2,1H3;1-2H3. The Labute approximate surface area is 99.2 Å². The van der Waals surface area contributed by atoms with Crippen molar-refractivity contribution in [3.05, 3.63) is 35.9 Å². The Bertz CT molecular complexity index is 273. The molecule has 2 nitrogen and oxygen atoms in total. The van der Waals surface area contributed by atoms with Gasteiger partial charge in [0.15, 0.2) is 0 Å². The smallest absolute Gasteiger partial charge is 0.0952 e. The van der Waals surface area contributed by atoms with Crippen molar-refractivity contribution < 1.29 is 4.74 Å². The molecule has 90 valence electrons. The van der Waals surface area contributed by atoms with Gasteiger partial charge in [-0.05, 0) is 12.1 Å². The van der Waals surface area contributed by atoms with Crippen LogP contribution in [0.5, 0.6) is 0 Å². The predicted molar refractivity (Wildman–Crippen MR) is 68.6 cm³/mol. The fourth-order valence-electron chi connectivity index (χ4n) is 1.86. The van der Waals surface area contributed by atoms with E-state index in [1.807, 2.05) is 19.9 Å². The molecule has 1 aliphatic rings. The molecule has 1 heterocycles. The third-order valence-corrected chi connectivity index (χ3v) is 2.77. The number of morpholine rings is 1. The molecule has 0 saturated carbocycles. The highest BCUT2D eigenvalue weighted by molar-refractivity contribution is 5.18. The molecule has 1 fully saturated rings. The van der Waals surface area contributed by atoms with E-state index in [9.17, 15) is 0 Å². The topological polar surface area (TPSA) is 12.5 Å². The van der Waals surface area contributed by atoms with Crippen LogP contribution in [0.2, 0.25) is 0 Å². The van der Waals surface area contributed by atoms with E-state index in [0.717, 1.165) is 26.2 Å². The van der Waals surface area contributed by atoms with Gasteiger partial charge in [-0.1, -0.05) is 51.1 Å². The third-order valence-electron chi connectivity index (χ3n) is 2.77. The van der Waals surface area contributed by atoms with Crippen LogP contribution in [0.3, 0.4) is 0 Å². The molecule has 1 aliphatic heterocycles. The zero-order chi connectivity index (χ0) is 11.8. The third kappa shape index (κ3) is 3.62. The van der Waals surface area contributed by atoms with Crippen LogP contribution in [0.25, 0.3) is 0 Å². The quantitative estimate of drug-likeness (QED) is 0.761. The van der Waals surface area contributed by atoms with Crippen LogP contribution in [0.1, 0.15) is 32.4 Å². The van der Waals surface area contributed by atoms with Crippen molar-refractivity contribution in [3.8, 4) is 0 Å². The number of hydrogen-bond acceptors (Lipinski definition) is 2. The van der Waals surface area contributed by atoms with Crippen LogP contribution in [0.4, 0.5) is 0 Å². The maximum Gasteiger partial charge on any atom is 0.0952 e. The van der Waals surface area contributed by atoms with E-state index in [2.05, 4.69) is 36.1 Å². The maximum atomic E-state index is 5.75. The lowest BCUT2D eigenvalue weighted by atomic mass is 10.1. The van der Waals surface area contributed by atoms with Crippen molar-refractivity contribution in [1.29, 1.82) is 0 Å². The van der Waals surface area contributed by atoms with Crippen LogP contribution < -0.4 is 0 Å². The van der Waals surface area contributed by atoms with Crippen molar-refractivity contribution >= 4 is 0 Å². The van der Waals surface area contributed by atoms with E-state index in [4.69, 9.17) is 4.74 Å². The second-order valence-electron chi connectivity index (χ2n) is 3.66. The Balaban J connectivity index is 0.000000606. The Hall–Kier alpha value is -0.860. The molecular weight excluding hydrogens is 198 g/mol. The van der Waals surface area contributed by atoms with Gasteiger partial charge in [0.1, 0.15) is 0 Å². The fraction of sp³-hybridized carbons (Fsp3) is 0.571. The van der Waals surface area contributed by atoms with E-state index < -0.39 is 0 Å². The van der Waals surface area contributed by atoms with E-state index >= 15 is 0 Å². The van der Waals surface area contributed by atoms with Crippen molar-refractivity contribution in [1.82, 2.24) is 4.90 Å².